The zero-order valence-electron chi connectivity index (χ0n) is 13.6. The van der Waals surface area contributed by atoms with Gasteiger partial charge in [0.15, 0.2) is 0 Å². The van der Waals surface area contributed by atoms with E-state index in [9.17, 15) is 9.59 Å². The molecule has 2 bridgehead atoms. The fourth-order valence-corrected chi connectivity index (χ4v) is 3.52. The number of hydrogen-bond donors (Lipinski definition) is 2. The quantitative estimate of drug-likeness (QED) is 0.885. The van der Waals surface area contributed by atoms with Crippen LogP contribution >= 0.6 is 0 Å². The molecule has 3 aliphatic rings. The molecule has 0 radical (unpaired) electrons. The van der Waals surface area contributed by atoms with Gasteiger partial charge in [-0.1, -0.05) is 18.2 Å². The number of likely N-dealkylation sites (tertiary alicyclic amines) is 1. The van der Waals surface area contributed by atoms with Gasteiger partial charge >= 0.3 is 6.03 Å². The Morgan fingerprint density at radius 1 is 1.17 bits per heavy atom. The van der Waals surface area contributed by atoms with Crippen molar-refractivity contribution in [2.24, 2.45) is 11.8 Å². The van der Waals surface area contributed by atoms with Gasteiger partial charge in [0.05, 0.1) is 18.1 Å². The smallest absolute Gasteiger partial charge is 0.322 e. The lowest BCUT2D eigenvalue weighted by Crippen LogP contribution is -2.49. The Morgan fingerprint density at radius 3 is 2.71 bits per heavy atom. The van der Waals surface area contributed by atoms with Gasteiger partial charge in [-0.05, 0) is 37.3 Å². The molecule has 6 nitrogen and oxygen atoms in total. The maximum Gasteiger partial charge on any atom is 0.322 e. The summed E-state index contributed by atoms with van der Waals surface area (Å²) in [4.78, 5) is 26.6. The lowest BCUT2D eigenvalue weighted by molar-refractivity contribution is -0.127. The highest BCUT2D eigenvalue weighted by molar-refractivity contribution is 5.89. The van der Waals surface area contributed by atoms with E-state index in [0.717, 1.165) is 12.2 Å². The van der Waals surface area contributed by atoms with Crippen molar-refractivity contribution in [3.05, 3.63) is 30.3 Å². The van der Waals surface area contributed by atoms with E-state index in [1.165, 1.54) is 12.8 Å². The number of rotatable bonds is 4. The van der Waals surface area contributed by atoms with Gasteiger partial charge in [0.1, 0.15) is 0 Å². The Morgan fingerprint density at radius 2 is 1.96 bits per heavy atom. The molecule has 2 heterocycles. The fraction of sp³-hybridized carbons (Fsp3) is 0.556. The van der Waals surface area contributed by atoms with Gasteiger partial charge in [-0.25, -0.2) is 4.79 Å². The molecule has 2 saturated heterocycles. The summed E-state index contributed by atoms with van der Waals surface area (Å²) in [5.74, 6) is 0.617. The normalized spacial score (nSPS) is 28.5. The van der Waals surface area contributed by atoms with Crippen LogP contribution < -0.4 is 10.6 Å². The summed E-state index contributed by atoms with van der Waals surface area (Å²) in [6, 6.07) is 9.29. The largest absolute Gasteiger partial charge is 0.370 e. The monoisotopic (exact) mass is 329 g/mol. The van der Waals surface area contributed by atoms with Crippen LogP contribution in [0.1, 0.15) is 19.3 Å². The minimum absolute atomic E-state index is 0.0399. The molecular weight excluding hydrogens is 306 g/mol. The molecule has 3 atom stereocenters. The van der Waals surface area contributed by atoms with E-state index in [2.05, 4.69) is 10.6 Å². The molecule has 1 aliphatic carbocycles. The van der Waals surface area contributed by atoms with Crippen LogP contribution in [0.15, 0.2) is 30.3 Å². The number of morpholine rings is 1. The average molecular weight is 329 g/mol. The van der Waals surface area contributed by atoms with Gasteiger partial charge in [0.25, 0.3) is 0 Å². The van der Waals surface area contributed by atoms with E-state index >= 15 is 0 Å². The third-order valence-electron chi connectivity index (χ3n) is 5.07. The van der Waals surface area contributed by atoms with Crippen LogP contribution in [0.4, 0.5) is 10.5 Å². The first-order chi connectivity index (χ1) is 11.7. The highest BCUT2D eigenvalue weighted by Crippen LogP contribution is 2.33. The molecule has 1 saturated carbocycles. The van der Waals surface area contributed by atoms with Gasteiger partial charge in [-0.3, -0.25) is 4.79 Å². The van der Waals surface area contributed by atoms with Crippen molar-refractivity contribution >= 4 is 17.6 Å². The number of anilines is 1. The second-order valence-corrected chi connectivity index (χ2v) is 7.03. The number of nitrogens with zero attached hydrogens (tertiary/aromatic N) is 1. The zero-order chi connectivity index (χ0) is 16.5. The number of benzene rings is 1. The number of ether oxygens (including phenoxy) is 1. The van der Waals surface area contributed by atoms with Crippen LogP contribution in [0.3, 0.4) is 0 Å². The molecule has 3 amide bonds. The number of amides is 3. The Hall–Kier alpha value is -2.08. The first-order valence-electron chi connectivity index (χ1n) is 8.73. The van der Waals surface area contributed by atoms with Crippen molar-refractivity contribution in [1.29, 1.82) is 0 Å². The van der Waals surface area contributed by atoms with Gasteiger partial charge in [0, 0.05) is 25.3 Å². The highest BCUT2D eigenvalue weighted by atomic mass is 16.5. The molecule has 2 aliphatic heterocycles. The minimum Gasteiger partial charge on any atom is -0.370 e. The second kappa shape index (κ2) is 6.43. The van der Waals surface area contributed by atoms with Crippen molar-refractivity contribution in [1.82, 2.24) is 10.2 Å². The van der Waals surface area contributed by atoms with E-state index < -0.39 is 0 Å². The van der Waals surface area contributed by atoms with Crippen molar-refractivity contribution in [2.45, 2.75) is 31.5 Å². The van der Waals surface area contributed by atoms with E-state index in [1.807, 2.05) is 30.3 Å². The molecule has 128 valence electrons. The Kier molecular flexibility index (Phi) is 4.14. The predicted octanol–water partition coefficient (Wildman–Crippen LogP) is 1.83. The van der Waals surface area contributed by atoms with Gasteiger partial charge in [-0.15, -0.1) is 0 Å². The minimum atomic E-state index is -0.190. The standard InChI is InChI=1S/C18H23N3O3/c22-17(19-9-12-6-7-12)15-8-14-10-21(11-16(15)24-14)18(23)20-13-4-2-1-3-5-13/h1-5,12,14-16H,6-11H2,(H,19,22)(H,20,23)/t14-,15+,16-/m0/s1. The van der Waals surface area contributed by atoms with Crippen LogP contribution in [-0.4, -0.2) is 48.7 Å². The molecule has 3 fully saturated rings. The van der Waals surface area contributed by atoms with Gasteiger partial charge < -0.3 is 20.3 Å². The Balaban J connectivity index is 1.34. The fourth-order valence-electron chi connectivity index (χ4n) is 3.52. The molecule has 4 rings (SSSR count). The zero-order valence-corrected chi connectivity index (χ0v) is 13.6. The molecule has 1 aromatic carbocycles. The first kappa shape index (κ1) is 15.4. The second-order valence-electron chi connectivity index (χ2n) is 7.03. The molecule has 1 aromatic rings. The van der Waals surface area contributed by atoms with Crippen LogP contribution in [0.2, 0.25) is 0 Å². The van der Waals surface area contributed by atoms with Crippen molar-refractivity contribution in [2.75, 3.05) is 25.0 Å². The summed E-state index contributed by atoms with van der Waals surface area (Å²) in [5.41, 5.74) is 0.778. The topological polar surface area (TPSA) is 70.7 Å². The molecule has 6 heteroatoms. The van der Waals surface area contributed by atoms with Crippen molar-refractivity contribution in [3.63, 3.8) is 0 Å². The molecule has 0 spiro atoms. The van der Waals surface area contributed by atoms with Crippen molar-refractivity contribution in [3.8, 4) is 0 Å². The summed E-state index contributed by atoms with van der Waals surface area (Å²) < 4.78 is 5.90. The number of carbonyl (C=O) groups is 2. The van der Waals surface area contributed by atoms with E-state index in [0.29, 0.717) is 25.4 Å². The third-order valence-corrected chi connectivity index (χ3v) is 5.07. The number of para-hydroxylation sites is 1. The van der Waals surface area contributed by atoms with E-state index in [1.54, 1.807) is 4.90 Å². The lowest BCUT2D eigenvalue weighted by Gasteiger charge is -2.32. The summed E-state index contributed by atoms with van der Waals surface area (Å²) in [7, 11) is 0. The van der Waals surface area contributed by atoms with Crippen LogP contribution in [-0.2, 0) is 9.53 Å². The first-order valence-corrected chi connectivity index (χ1v) is 8.73. The summed E-state index contributed by atoms with van der Waals surface area (Å²) >= 11 is 0. The summed E-state index contributed by atoms with van der Waals surface area (Å²) in [6.07, 6.45) is 2.92. The Bertz CT molecular complexity index is 617. The van der Waals surface area contributed by atoms with E-state index in [4.69, 9.17) is 4.74 Å². The molecule has 0 aromatic heterocycles. The van der Waals surface area contributed by atoms with Gasteiger partial charge in [-0.2, -0.15) is 0 Å². The van der Waals surface area contributed by atoms with Crippen LogP contribution in [0, 0.1) is 11.8 Å². The summed E-state index contributed by atoms with van der Waals surface area (Å²) in [6.45, 7) is 1.79. The number of nitrogens with one attached hydrogen (secondary N) is 2. The highest BCUT2D eigenvalue weighted by Gasteiger charge is 2.45. The Labute approximate surface area is 141 Å². The number of hydrogen-bond acceptors (Lipinski definition) is 3. The van der Waals surface area contributed by atoms with E-state index in [-0.39, 0.29) is 30.1 Å². The SMILES string of the molecule is O=C(NCC1CC1)[C@@H]1C[C@H]2CN(C(=O)Nc3ccccc3)C[C@@H]1O2. The predicted molar refractivity (Wildman–Crippen MR) is 89.5 cm³/mol. The van der Waals surface area contributed by atoms with Gasteiger partial charge in [0.2, 0.25) is 5.91 Å². The average Bonchev–Trinajstić information content (AvgIpc) is 3.38. The molecule has 24 heavy (non-hydrogen) atoms. The molecule has 2 N–H and O–H groups in total. The summed E-state index contributed by atoms with van der Waals surface area (Å²) in [5, 5.41) is 5.95. The van der Waals surface area contributed by atoms with Crippen LogP contribution in [0.25, 0.3) is 0 Å². The maximum atomic E-state index is 12.4. The third kappa shape index (κ3) is 3.38. The molecule has 0 unspecified atom stereocenters. The van der Waals surface area contributed by atoms with Crippen LogP contribution in [0.5, 0.6) is 0 Å². The maximum absolute atomic E-state index is 12.4. The number of carbonyl (C=O) groups excluding carboxylic acids is 2. The number of urea groups is 1. The van der Waals surface area contributed by atoms with Crippen molar-refractivity contribution < 1.29 is 14.3 Å². The molecular formula is C18H23N3O3. The number of fused-ring (bicyclic) bond motifs is 2. The lowest BCUT2D eigenvalue weighted by atomic mass is 9.99.